The molecule has 2 bridgehead atoms. The molecule has 0 saturated heterocycles. The Hall–Kier alpha value is -1.09. The summed E-state index contributed by atoms with van der Waals surface area (Å²) in [6.45, 7) is 0.852. The number of nitrogens with zero attached hydrogens (tertiary/aromatic N) is 2. The van der Waals surface area contributed by atoms with E-state index >= 15 is 0 Å². The normalized spacial score (nSPS) is 28.6. The molecule has 2 saturated carbocycles. The van der Waals surface area contributed by atoms with Gasteiger partial charge in [-0.3, -0.25) is 4.79 Å². The monoisotopic (exact) mass is 278 g/mol. The minimum atomic E-state index is -0.0131. The van der Waals surface area contributed by atoms with Crippen LogP contribution >= 0.6 is 11.6 Å². The first-order valence-corrected chi connectivity index (χ1v) is 7.39. The van der Waals surface area contributed by atoms with Crippen LogP contribution in [0.5, 0.6) is 0 Å². The fraction of sp³-hybridized carbons (Fsp3) is 0.600. The van der Waals surface area contributed by atoms with Crippen LogP contribution in [-0.2, 0) is 0 Å². The number of carbonyl (C=O) groups is 1. The van der Waals surface area contributed by atoms with Gasteiger partial charge in [-0.25, -0.2) is 4.98 Å². The number of amides is 1. The van der Waals surface area contributed by atoms with Gasteiger partial charge in [-0.15, -0.1) is 0 Å². The zero-order chi connectivity index (χ0) is 13.4. The van der Waals surface area contributed by atoms with Crippen LogP contribution in [0.15, 0.2) is 18.3 Å². The molecule has 102 valence electrons. The van der Waals surface area contributed by atoms with E-state index in [2.05, 4.69) is 4.98 Å². The molecule has 2 aliphatic rings. The van der Waals surface area contributed by atoms with Crippen LogP contribution in [0.1, 0.15) is 36.0 Å². The van der Waals surface area contributed by atoms with Gasteiger partial charge >= 0.3 is 0 Å². The Morgan fingerprint density at radius 3 is 2.95 bits per heavy atom. The zero-order valence-electron chi connectivity index (χ0n) is 11.2. The summed E-state index contributed by atoms with van der Waals surface area (Å²) in [7, 11) is 1.87. The summed E-state index contributed by atoms with van der Waals surface area (Å²) in [5, 5.41) is 0.298. The predicted octanol–water partition coefficient (Wildman–Crippen LogP) is 3.24. The fourth-order valence-corrected chi connectivity index (χ4v) is 3.99. The fourth-order valence-electron chi connectivity index (χ4n) is 3.79. The van der Waals surface area contributed by atoms with E-state index in [0.717, 1.165) is 18.4 Å². The minimum absolute atomic E-state index is 0.0131. The number of carbonyl (C=O) groups excluding carboxylic acids is 1. The van der Waals surface area contributed by atoms with Gasteiger partial charge in [0.25, 0.3) is 5.91 Å². The molecule has 1 aromatic heterocycles. The molecule has 4 heteroatoms. The Morgan fingerprint density at radius 1 is 1.47 bits per heavy atom. The van der Waals surface area contributed by atoms with Gasteiger partial charge in [0.15, 0.2) is 0 Å². The van der Waals surface area contributed by atoms with Crippen molar-refractivity contribution in [2.24, 2.45) is 17.8 Å². The molecule has 0 radical (unpaired) electrons. The minimum Gasteiger partial charge on any atom is -0.341 e. The van der Waals surface area contributed by atoms with E-state index in [-0.39, 0.29) is 5.91 Å². The molecule has 19 heavy (non-hydrogen) atoms. The van der Waals surface area contributed by atoms with Crippen LogP contribution in [0.2, 0.25) is 5.15 Å². The van der Waals surface area contributed by atoms with Crippen LogP contribution in [-0.4, -0.2) is 29.4 Å². The van der Waals surface area contributed by atoms with E-state index in [1.165, 1.54) is 25.7 Å². The van der Waals surface area contributed by atoms with Crippen molar-refractivity contribution in [2.75, 3.05) is 13.6 Å². The standard InChI is InChI=1S/C15H19ClN2O/c1-18(9-12-8-10-4-5-11(12)7-10)15(19)13-3-2-6-17-14(13)16/h2-3,6,10-12H,4-5,7-9H2,1H3. The second kappa shape index (κ2) is 5.12. The Morgan fingerprint density at radius 2 is 2.32 bits per heavy atom. The van der Waals surface area contributed by atoms with Crippen LogP contribution in [0, 0.1) is 17.8 Å². The lowest BCUT2D eigenvalue weighted by Gasteiger charge is -2.27. The molecule has 1 heterocycles. The second-order valence-electron chi connectivity index (χ2n) is 5.96. The summed E-state index contributed by atoms with van der Waals surface area (Å²) in [5.41, 5.74) is 0.509. The third kappa shape index (κ3) is 2.48. The predicted molar refractivity (Wildman–Crippen MR) is 75.1 cm³/mol. The average molecular weight is 279 g/mol. The first kappa shape index (κ1) is 12.9. The van der Waals surface area contributed by atoms with Crippen molar-refractivity contribution in [2.45, 2.75) is 25.7 Å². The first-order chi connectivity index (χ1) is 9.15. The summed E-state index contributed by atoms with van der Waals surface area (Å²) in [6.07, 6.45) is 7.02. The zero-order valence-corrected chi connectivity index (χ0v) is 11.9. The van der Waals surface area contributed by atoms with Crippen molar-refractivity contribution in [1.82, 2.24) is 9.88 Å². The third-order valence-electron chi connectivity index (χ3n) is 4.73. The number of halogens is 1. The van der Waals surface area contributed by atoms with Crippen LogP contribution in [0.4, 0.5) is 0 Å². The van der Waals surface area contributed by atoms with Crippen molar-refractivity contribution in [3.05, 3.63) is 29.0 Å². The van der Waals surface area contributed by atoms with E-state index in [9.17, 15) is 4.79 Å². The summed E-state index contributed by atoms with van der Waals surface area (Å²) in [4.78, 5) is 18.1. The molecule has 1 aromatic rings. The van der Waals surface area contributed by atoms with E-state index in [1.807, 2.05) is 11.9 Å². The van der Waals surface area contributed by atoms with E-state index in [0.29, 0.717) is 16.6 Å². The van der Waals surface area contributed by atoms with Gasteiger partial charge in [-0.05, 0) is 49.1 Å². The van der Waals surface area contributed by atoms with Gasteiger partial charge in [-0.1, -0.05) is 18.0 Å². The Kier molecular flexibility index (Phi) is 3.48. The number of fused-ring (bicyclic) bond motifs is 2. The van der Waals surface area contributed by atoms with Crippen molar-refractivity contribution < 1.29 is 4.79 Å². The lowest BCUT2D eigenvalue weighted by molar-refractivity contribution is 0.0754. The highest BCUT2D eigenvalue weighted by Gasteiger charge is 2.40. The van der Waals surface area contributed by atoms with Crippen molar-refractivity contribution in [1.29, 1.82) is 0 Å². The van der Waals surface area contributed by atoms with Crippen LogP contribution in [0.25, 0.3) is 0 Å². The maximum atomic E-state index is 12.4. The molecule has 0 N–H and O–H groups in total. The highest BCUT2D eigenvalue weighted by Crippen LogP contribution is 2.48. The van der Waals surface area contributed by atoms with E-state index in [4.69, 9.17) is 11.6 Å². The maximum Gasteiger partial charge on any atom is 0.256 e. The van der Waals surface area contributed by atoms with Gasteiger partial charge in [0.05, 0.1) is 5.56 Å². The third-order valence-corrected chi connectivity index (χ3v) is 5.03. The topological polar surface area (TPSA) is 33.2 Å². The number of hydrogen-bond donors (Lipinski definition) is 0. The van der Waals surface area contributed by atoms with Gasteiger partial charge in [0, 0.05) is 19.8 Å². The number of rotatable bonds is 3. The van der Waals surface area contributed by atoms with Gasteiger partial charge in [-0.2, -0.15) is 0 Å². The summed E-state index contributed by atoms with van der Waals surface area (Å²) in [6, 6.07) is 3.50. The quantitative estimate of drug-likeness (QED) is 0.795. The molecular formula is C15H19ClN2O. The molecule has 3 rings (SSSR count). The number of aromatic nitrogens is 1. The summed E-state index contributed by atoms with van der Waals surface area (Å²) in [5.74, 6) is 2.43. The molecule has 3 atom stereocenters. The van der Waals surface area contributed by atoms with E-state index in [1.54, 1.807) is 18.3 Å². The van der Waals surface area contributed by atoms with Gasteiger partial charge < -0.3 is 4.90 Å². The van der Waals surface area contributed by atoms with Gasteiger partial charge in [0.2, 0.25) is 0 Å². The van der Waals surface area contributed by atoms with Crippen molar-refractivity contribution in [3.8, 4) is 0 Å². The number of pyridine rings is 1. The largest absolute Gasteiger partial charge is 0.341 e. The summed E-state index contributed by atoms with van der Waals surface area (Å²) < 4.78 is 0. The second-order valence-corrected chi connectivity index (χ2v) is 6.32. The Labute approximate surface area is 119 Å². The summed E-state index contributed by atoms with van der Waals surface area (Å²) >= 11 is 5.98. The van der Waals surface area contributed by atoms with Crippen molar-refractivity contribution in [3.63, 3.8) is 0 Å². The molecule has 3 unspecified atom stereocenters. The van der Waals surface area contributed by atoms with Crippen LogP contribution < -0.4 is 0 Å². The molecule has 2 aliphatic carbocycles. The van der Waals surface area contributed by atoms with Gasteiger partial charge in [0.1, 0.15) is 5.15 Å². The Bertz CT molecular complexity index is 491. The highest BCUT2D eigenvalue weighted by atomic mass is 35.5. The highest BCUT2D eigenvalue weighted by molar-refractivity contribution is 6.32. The lowest BCUT2D eigenvalue weighted by Crippen LogP contribution is -2.34. The van der Waals surface area contributed by atoms with E-state index < -0.39 is 0 Å². The lowest BCUT2D eigenvalue weighted by atomic mass is 9.88. The molecule has 0 aromatic carbocycles. The molecular weight excluding hydrogens is 260 g/mol. The van der Waals surface area contributed by atoms with Crippen molar-refractivity contribution >= 4 is 17.5 Å². The first-order valence-electron chi connectivity index (χ1n) is 7.01. The molecule has 0 spiro atoms. The molecule has 3 nitrogen and oxygen atoms in total. The molecule has 2 fully saturated rings. The van der Waals surface area contributed by atoms with Crippen LogP contribution in [0.3, 0.4) is 0 Å². The molecule has 1 amide bonds. The Balaban J connectivity index is 1.66. The number of hydrogen-bond acceptors (Lipinski definition) is 2. The smallest absolute Gasteiger partial charge is 0.256 e. The molecule has 0 aliphatic heterocycles. The SMILES string of the molecule is CN(CC1CC2CCC1C2)C(=O)c1cccnc1Cl. The average Bonchev–Trinajstić information content (AvgIpc) is 3.00. The maximum absolute atomic E-state index is 12.4.